The molecule has 1 N–H and O–H groups in total. The van der Waals surface area contributed by atoms with Crippen molar-refractivity contribution in [2.75, 3.05) is 19.6 Å². The number of ether oxygens (including phenoxy) is 1. The first kappa shape index (κ1) is 17.8. The minimum Gasteiger partial charge on any atom is -0.491 e. The van der Waals surface area contributed by atoms with E-state index in [1.54, 1.807) is 0 Å². The number of rotatable bonds is 4. The van der Waals surface area contributed by atoms with Crippen LogP contribution in [0.4, 0.5) is 0 Å². The van der Waals surface area contributed by atoms with Gasteiger partial charge in [0.25, 0.3) is 0 Å². The maximum Gasteiger partial charge on any atom is 0.227 e. The summed E-state index contributed by atoms with van der Waals surface area (Å²) in [7, 11) is 0. The highest BCUT2D eigenvalue weighted by Gasteiger charge is 2.22. The molecule has 2 rings (SSSR count). The molecule has 0 unspecified atom stereocenters. The van der Waals surface area contributed by atoms with Crippen molar-refractivity contribution in [3.8, 4) is 5.75 Å². The predicted octanol–water partition coefficient (Wildman–Crippen LogP) is 2.26. The maximum atomic E-state index is 12.4. The lowest BCUT2D eigenvalue weighted by Gasteiger charge is -2.34. The summed E-state index contributed by atoms with van der Waals surface area (Å²) in [6.07, 6.45) is 0.591. The van der Waals surface area contributed by atoms with Crippen LogP contribution in [0.2, 0.25) is 0 Å². The number of carbonyl (C=O) groups excluding carboxylic acids is 1. The van der Waals surface area contributed by atoms with E-state index in [1.165, 1.54) is 0 Å². The molecule has 118 valence electrons. The summed E-state index contributed by atoms with van der Waals surface area (Å²) < 4.78 is 5.67. The Morgan fingerprint density at radius 1 is 1.48 bits per heavy atom. The Balaban J connectivity index is 0.00000220. The first-order valence-electron chi connectivity index (χ1n) is 7.32. The molecule has 0 radical (unpaired) electrons. The summed E-state index contributed by atoms with van der Waals surface area (Å²) in [6, 6.07) is 8.09. The van der Waals surface area contributed by atoms with Gasteiger partial charge in [0.1, 0.15) is 5.75 Å². The van der Waals surface area contributed by atoms with Crippen LogP contribution in [0.5, 0.6) is 5.75 Å². The van der Waals surface area contributed by atoms with E-state index in [1.807, 2.05) is 43.0 Å². The average molecular weight is 313 g/mol. The summed E-state index contributed by atoms with van der Waals surface area (Å²) in [4.78, 5) is 14.3. The normalized spacial score (nSPS) is 18.3. The van der Waals surface area contributed by atoms with Gasteiger partial charge in [0.15, 0.2) is 0 Å². The molecule has 1 saturated heterocycles. The van der Waals surface area contributed by atoms with E-state index >= 15 is 0 Å². The monoisotopic (exact) mass is 312 g/mol. The molecule has 1 aliphatic rings. The van der Waals surface area contributed by atoms with Crippen molar-refractivity contribution in [2.45, 2.75) is 39.3 Å². The summed E-state index contributed by atoms with van der Waals surface area (Å²) >= 11 is 0. The van der Waals surface area contributed by atoms with Gasteiger partial charge >= 0.3 is 0 Å². The van der Waals surface area contributed by atoms with Gasteiger partial charge in [0.2, 0.25) is 5.91 Å². The first-order valence-corrected chi connectivity index (χ1v) is 7.32. The zero-order valence-electron chi connectivity index (χ0n) is 13.0. The van der Waals surface area contributed by atoms with Crippen LogP contribution in [-0.4, -0.2) is 42.6 Å². The van der Waals surface area contributed by atoms with Gasteiger partial charge in [0.05, 0.1) is 12.5 Å². The van der Waals surface area contributed by atoms with Crippen LogP contribution in [0, 0.1) is 0 Å². The molecule has 1 amide bonds. The van der Waals surface area contributed by atoms with E-state index in [4.69, 9.17) is 4.74 Å². The molecular formula is C16H25ClN2O2. The number of benzene rings is 1. The van der Waals surface area contributed by atoms with Gasteiger partial charge in [-0.25, -0.2) is 0 Å². The van der Waals surface area contributed by atoms with Gasteiger partial charge in [-0.1, -0.05) is 12.1 Å². The van der Waals surface area contributed by atoms with Crippen LogP contribution in [0.3, 0.4) is 0 Å². The Morgan fingerprint density at radius 3 is 2.90 bits per heavy atom. The molecule has 4 nitrogen and oxygen atoms in total. The van der Waals surface area contributed by atoms with E-state index in [-0.39, 0.29) is 30.5 Å². The largest absolute Gasteiger partial charge is 0.491 e. The number of hydrogen-bond donors (Lipinski definition) is 1. The Labute approximate surface area is 133 Å². The topological polar surface area (TPSA) is 41.6 Å². The highest BCUT2D eigenvalue weighted by molar-refractivity contribution is 5.85. The molecule has 0 bridgehead atoms. The van der Waals surface area contributed by atoms with Crippen LogP contribution in [-0.2, 0) is 11.2 Å². The second-order valence-electron chi connectivity index (χ2n) is 5.63. The molecular weight excluding hydrogens is 288 g/mol. The van der Waals surface area contributed by atoms with Gasteiger partial charge in [-0.2, -0.15) is 0 Å². The summed E-state index contributed by atoms with van der Waals surface area (Å²) in [5.41, 5.74) is 1.01. The number of carbonyl (C=O) groups is 1. The van der Waals surface area contributed by atoms with Crippen LogP contribution >= 0.6 is 12.4 Å². The quantitative estimate of drug-likeness (QED) is 0.927. The standard InChI is InChI=1S/C16H24N2O2.ClH/c1-12(2)20-15-6-4-5-14(9-15)10-16(19)18-8-7-17-11-13(18)3;/h4-6,9,12-13,17H,7-8,10-11H2,1-3H3;1H/t13-;/m1./s1. The molecule has 0 spiro atoms. The number of nitrogens with zero attached hydrogens (tertiary/aromatic N) is 1. The molecule has 1 atom stereocenters. The number of nitrogens with one attached hydrogen (secondary N) is 1. The highest BCUT2D eigenvalue weighted by Crippen LogP contribution is 2.16. The lowest BCUT2D eigenvalue weighted by atomic mass is 10.1. The second-order valence-corrected chi connectivity index (χ2v) is 5.63. The molecule has 0 aliphatic carbocycles. The fraction of sp³-hybridized carbons (Fsp3) is 0.562. The molecule has 1 aromatic rings. The van der Waals surface area contributed by atoms with Crippen molar-refractivity contribution in [1.82, 2.24) is 10.2 Å². The molecule has 1 fully saturated rings. The lowest BCUT2D eigenvalue weighted by molar-refractivity contribution is -0.133. The molecule has 1 heterocycles. The molecule has 21 heavy (non-hydrogen) atoms. The molecule has 0 aromatic heterocycles. The van der Waals surface area contributed by atoms with Gasteiger partial charge in [-0.3, -0.25) is 4.79 Å². The summed E-state index contributed by atoms with van der Waals surface area (Å²) in [5, 5.41) is 3.30. The van der Waals surface area contributed by atoms with E-state index in [2.05, 4.69) is 12.2 Å². The van der Waals surface area contributed by atoms with E-state index < -0.39 is 0 Å². The summed E-state index contributed by atoms with van der Waals surface area (Å²) in [6.45, 7) is 8.64. The zero-order chi connectivity index (χ0) is 14.5. The van der Waals surface area contributed by atoms with E-state index in [9.17, 15) is 4.79 Å². The smallest absolute Gasteiger partial charge is 0.227 e. The SMILES string of the molecule is CC(C)Oc1cccc(CC(=O)N2CCNC[C@H]2C)c1.Cl. The first-order chi connectivity index (χ1) is 9.56. The molecule has 0 saturated carbocycles. The third-order valence-electron chi connectivity index (χ3n) is 3.45. The third kappa shape index (κ3) is 5.21. The van der Waals surface area contributed by atoms with Crippen LogP contribution in [0.1, 0.15) is 26.3 Å². The Morgan fingerprint density at radius 2 is 2.24 bits per heavy atom. The third-order valence-corrected chi connectivity index (χ3v) is 3.45. The van der Waals surface area contributed by atoms with Crippen molar-refractivity contribution in [1.29, 1.82) is 0 Å². The fourth-order valence-corrected chi connectivity index (χ4v) is 2.49. The average Bonchev–Trinajstić information content (AvgIpc) is 2.38. The van der Waals surface area contributed by atoms with Crippen molar-refractivity contribution in [2.24, 2.45) is 0 Å². The van der Waals surface area contributed by atoms with Crippen molar-refractivity contribution in [3.05, 3.63) is 29.8 Å². The minimum atomic E-state index is 0. The van der Waals surface area contributed by atoms with Crippen LogP contribution < -0.4 is 10.1 Å². The number of piperazine rings is 1. The van der Waals surface area contributed by atoms with Crippen molar-refractivity contribution in [3.63, 3.8) is 0 Å². The van der Waals surface area contributed by atoms with Gasteiger partial charge < -0.3 is 15.0 Å². The number of halogens is 1. The van der Waals surface area contributed by atoms with E-state index in [0.717, 1.165) is 30.9 Å². The minimum absolute atomic E-state index is 0. The summed E-state index contributed by atoms with van der Waals surface area (Å²) in [5.74, 6) is 1.03. The number of hydrogen-bond acceptors (Lipinski definition) is 3. The van der Waals surface area contributed by atoms with E-state index in [0.29, 0.717) is 6.42 Å². The van der Waals surface area contributed by atoms with Crippen molar-refractivity contribution < 1.29 is 9.53 Å². The van der Waals surface area contributed by atoms with Crippen LogP contribution in [0.15, 0.2) is 24.3 Å². The maximum absolute atomic E-state index is 12.4. The Hall–Kier alpha value is -1.26. The molecule has 1 aromatic carbocycles. The van der Waals surface area contributed by atoms with Crippen molar-refractivity contribution >= 4 is 18.3 Å². The number of amides is 1. The zero-order valence-corrected chi connectivity index (χ0v) is 13.8. The van der Waals surface area contributed by atoms with Gasteiger partial charge in [0, 0.05) is 25.7 Å². The fourth-order valence-electron chi connectivity index (χ4n) is 2.49. The second kappa shape index (κ2) is 8.25. The van der Waals surface area contributed by atoms with Crippen LogP contribution in [0.25, 0.3) is 0 Å². The predicted molar refractivity (Wildman–Crippen MR) is 87.2 cm³/mol. The Bertz CT molecular complexity index is 465. The van der Waals surface area contributed by atoms with Gasteiger partial charge in [-0.15, -0.1) is 12.4 Å². The molecule has 5 heteroatoms. The Kier molecular flexibility index (Phi) is 6.99. The lowest BCUT2D eigenvalue weighted by Crippen LogP contribution is -2.52. The van der Waals surface area contributed by atoms with Gasteiger partial charge in [-0.05, 0) is 38.5 Å². The highest BCUT2D eigenvalue weighted by atomic mass is 35.5. The molecule has 1 aliphatic heterocycles.